The number of halogens is 2. The van der Waals surface area contributed by atoms with E-state index < -0.39 is 10.0 Å². The zero-order valence-corrected chi connectivity index (χ0v) is 17.1. The number of piperazine rings is 1. The highest BCUT2D eigenvalue weighted by Gasteiger charge is 2.23. The average Bonchev–Trinajstić information content (AvgIpc) is 2.61. The molecule has 1 fully saturated rings. The minimum absolute atomic E-state index is 0. The van der Waals surface area contributed by atoms with E-state index in [1.54, 1.807) is 35.2 Å². The van der Waals surface area contributed by atoms with E-state index in [0.29, 0.717) is 29.4 Å². The Morgan fingerprint density at radius 3 is 2.67 bits per heavy atom. The minimum atomic E-state index is -3.82. The number of nitrogens with zero attached hydrogens (tertiary/aromatic N) is 1. The van der Waals surface area contributed by atoms with Gasteiger partial charge in [0.2, 0.25) is 0 Å². The molecule has 0 radical (unpaired) electrons. The number of benzene rings is 2. The van der Waals surface area contributed by atoms with Crippen LogP contribution in [0.15, 0.2) is 53.4 Å². The van der Waals surface area contributed by atoms with E-state index in [0.717, 1.165) is 6.54 Å². The molecular formula is C18H21Cl2N3O3S. The number of anilines is 1. The van der Waals surface area contributed by atoms with Crippen molar-refractivity contribution >= 4 is 45.6 Å². The molecule has 1 aliphatic rings. The van der Waals surface area contributed by atoms with Crippen molar-refractivity contribution in [2.24, 2.45) is 0 Å². The Morgan fingerprint density at radius 1 is 1.22 bits per heavy atom. The van der Waals surface area contributed by atoms with Crippen LogP contribution in [0.5, 0.6) is 0 Å². The van der Waals surface area contributed by atoms with E-state index >= 15 is 0 Å². The number of nitrogens with one attached hydrogen (secondary N) is 2. The molecule has 9 heteroatoms. The molecule has 0 aromatic heterocycles. The van der Waals surface area contributed by atoms with Gasteiger partial charge in [-0.2, -0.15) is 0 Å². The van der Waals surface area contributed by atoms with E-state index in [2.05, 4.69) is 10.0 Å². The predicted molar refractivity (Wildman–Crippen MR) is 109 cm³/mol. The monoisotopic (exact) mass is 429 g/mol. The van der Waals surface area contributed by atoms with Crippen LogP contribution in [-0.4, -0.2) is 44.9 Å². The summed E-state index contributed by atoms with van der Waals surface area (Å²) in [7, 11) is -3.82. The van der Waals surface area contributed by atoms with Crippen molar-refractivity contribution in [2.75, 3.05) is 24.4 Å². The average molecular weight is 430 g/mol. The van der Waals surface area contributed by atoms with Crippen molar-refractivity contribution in [3.63, 3.8) is 0 Å². The molecule has 1 unspecified atom stereocenters. The van der Waals surface area contributed by atoms with E-state index in [-0.39, 0.29) is 29.3 Å². The van der Waals surface area contributed by atoms with Crippen LogP contribution < -0.4 is 10.0 Å². The fourth-order valence-electron chi connectivity index (χ4n) is 2.86. The second kappa shape index (κ2) is 8.93. The van der Waals surface area contributed by atoms with Crippen molar-refractivity contribution in [1.82, 2.24) is 10.2 Å². The van der Waals surface area contributed by atoms with Crippen LogP contribution in [0, 0.1) is 0 Å². The van der Waals surface area contributed by atoms with Gasteiger partial charge in [-0.05, 0) is 43.3 Å². The number of rotatable bonds is 4. The summed E-state index contributed by atoms with van der Waals surface area (Å²) in [5, 5.41) is 3.71. The van der Waals surface area contributed by atoms with Gasteiger partial charge in [0.25, 0.3) is 15.9 Å². The van der Waals surface area contributed by atoms with Gasteiger partial charge in [0.15, 0.2) is 0 Å². The first kappa shape index (κ1) is 21.5. The summed E-state index contributed by atoms with van der Waals surface area (Å²) in [6.45, 7) is 3.92. The van der Waals surface area contributed by atoms with Gasteiger partial charge >= 0.3 is 0 Å². The van der Waals surface area contributed by atoms with Crippen molar-refractivity contribution in [2.45, 2.75) is 17.9 Å². The fourth-order valence-corrected chi connectivity index (χ4v) is 4.15. The Labute approximate surface area is 170 Å². The highest BCUT2D eigenvalue weighted by Crippen LogP contribution is 2.20. The predicted octanol–water partition coefficient (Wildman–Crippen LogP) is 3.00. The molecular weight excluding hydrogens is 409 g/mol. The highest BCUT2D eigenvalue weighted by atomic mass is 35.5. The molecule has 6 nitrogen and oxygen atoms in total. The van der Waals surface area contributed by atoms with Crippen LogP contribution in [0.4, 0.5) is 5.69 Å². The van der Waals surface area contributed by atoms with E-state index in [1.165, 1.54) is 18.2 Å². The SMILES string of the molecule is CC1CN(C(=O)c2cccc(S(=O)(=O)Nc3cccc(Cl)c3)c2)CCN1.Cl. The lowest BCUT2D eigenvalue weighted by Gasteiger charge is -2.32. The summed E-state index contributed by atoms with van der Waals surface area (Å²) >= 11 is 5.89. The number of hydrogen-bond donors (Lipinski definition) is 2. The maximum atomic E-state index is 12.7. The maximum Gasteiger partial charge on any atom is 0.261 e. The first-order valence-corrected chi connectivity index (χ1v) is 10.1. The van der Waals surface area contributed by atoms with Gasteiger partial charge in [0.1, 0.15) is 0 Å². The molecule has 2 aromatic carbocycles. The first-order valence-electron chi connectivity index (χ1n) is 8.26. The Bertz CT molecular complexity index is 922. The molecule has 0 spiro atoms. The molecule has 2 aromatic rings. The third-order valence-corrected chi connectivity index (χ3v) is 5.74. The van der Waals surface area contributed by atoms with Crippen molar-refractivity contribution < 1.29 is 13.2 Å². The topological polar surface area (TPSA) is 78.5 Å². The number of carbonyl (C=O) groups excluding carboxylic acids is 1. The molecule has 1 aliphatic heterocycles. The van der Waals surface area contributed by atoms with Crippen LogP contribution in [0.2, 0.25) is 5.02 Å². The summed E-state index contributed by atoms with van der Waals surface area (Å²) in [6, 6.07) is 12.7. The minimum Gasteiger partial charge on any atom is -0.336 e. The smallest absolute Gasteiger partial charge is 0.261 e. The Morgan fingerprint density at radius 2 is 1.96 bits per heavy atom. The molecule has 27 heavy (non-hydrogen) atoms. The molecule has 0 bridgehead atoms. The third kappa shape index (κ3) is 5.35. The zero-order valence-electron chi connectivity index (χ0n) is 14.7. The summed E-state index contributed by atoms with van der Waals surface area (Å²) < 4.78 is 27.7. The maximum absolute atomic E-state index is 12.7. The van der Waals surface area contributed by atoms with Gasteiger partial charge in [0, 0.05) is 36.3 Å². The van der Waals surface area contributed by atoms with Crippen LogP contribution >= 0.6 is 24.0 Å². The molecule has 1 heterocycles. The van der Waals surface area contributed by atoms with Crippen LogP contribution in [-0.2, 0) is 10.0 Å². The van der Waals surface area contributed by atoms with Gasteiger partial charge in [-0.15, -0.1) is 12.4 Å². The Hall–Kier alpha value is -1.80. The van der Waals surface area contributed by atoms with Gasteiger partial charge in [0.05, 0.1) is 10.6 Å². The van der Waals surface area contributed by atoms with E-state index in [4.69, 9.17) is 11.6 Å². The lowest BCUT2D eigenvalue weighted by Crippen LogP contribution is -2.51. The van der Waals surface area contributed by atoms with Gasteiger partial charge in [-0.3, -0.25) is 9.52 Å². The Kier molecular flexibility index (Phi) is 7.11. The number of carbonyl (C=O) groups is 1. The van der Waals surface area contributed by atoms with Crippen LogP contribution in [0.1, 0.15) is 17.3 Å². The summed E-state index contributed by atoms with van der Waals surface area (Å²) in [5.41, 5.74) is 0.721. The standard InChI is InChI=1S/C18H20ClN3O3S.ClH/c1-13-12-22(9-8-20-13)18(23)14-4-2-7-17(10-14)26(24,25)21-16-6-3-5-15(19)11-16;/h2-7,10-11,13,20-21H,8-9,12H2,1H3;1H. The molecule has 1 atom stereocenters. The summed E-state index contributed by atoms with van der Waals surface area (Å²) in [6.07, 6.45) is 0. The van der Waals surface area contributed by atoms with Gasteiger partial charge in [-0.25, -0.2) is 8.42 Å². The van der Waals surface area contributed by atoms with Crippen LogP contribution in [0.3, 0.4) is 0 Å². The van der Waals surface area contributed by atoms with Crippen LogP contribution in [0.25, 0.3) is 0 Å². The number of sulfonamides is 1. The summed E-state index contributed by atoms with van der Waals surface area (Å²) in [5.74, 6) is -0.168. The van der Waals surface area contributed by atoms with Crippen molar-refractivity contribution in [3.8, 4) is 0 Å². The quantitative estimate of drug-likeness (QED) is 0.782. The number of hydrogen-bond acceptors (Lipinski definition) is 4. The highest BCUT2D eigenvalue weighted by molar-refractivity contribution is 7.92. The van der Waals surface area contributed by atoms with Gasteiger partial charge in [-0.1, -0.05) is 23.7 Å². The second-order valence-corrected chi connectivity index (χ2v) is 8.37. The largest absolute Gasteiger partial charge is 0.336 e. The Balaban J connectivity index is 0.00000261. The third-order valence-electron chi connectivity index (χ3n) is 4.12. The molecule has 1 amide bonds. The molecule has 0 saturated carbocycles. The molecule has 1 saturated heterocycles. The number of amides is 1. The zero-order chi connectivity index (χ0) is 18.7. The molecule has 3 rings (SSSR count). The molecule has 146 valence electrons. The van der Waals surface area contributed by atoms with E-state index in [9.17, 15) is 13.2 Å². The second-order valence-electron chi connectivity index (χ2n) is 6.25. The lowest BCUT2D eigenvalue weighted by molar-refractivity contribution is 0.0709. The lowest BCUT2D eigenvalue weighted by atomic mass is 10.1. The summed E-state index contributed by atoms with van der Waals surface area (Å²) in [4.78, 5) is 14.5. The molecule has 0 aliphatic carbocycles. The first-order chi connectivity index (χ1) is 12.3. The van der Waals surface area contributed by atoms with E-state index in [1.807, 2.05) is 6.92 Å². The fraction of sp³-hybridized carbons (Fsp3) is 0.278. The van der Waals surface area contributed by atoms with Crippen molar-refractivity contribution in [1.29, 1.82) is 0 Å². The molecule has 2 N–H and O–H groups in total. The normalized spacial score (nSPS) is 17.1. The van der Waals surface area contributed by atoms with Gasteiger partial charge < -0.3 is 10.2 Å². The van der Waals surface area contributed by atoms with Crippen molar-refractivity contribution in [3.05, 3.63) is 59.1 Å².